The third-order valence-electron chi connectivity index (χ3n) is 15.3. The van der Waals surface area contributed by atoms with Crippen LogP contribution >= 0.6 is 14.5 Å². The summed E-state index contributed by atoms with van der Waals surface area (Å²) in [5.41, 5.74) is 12.4. The van der Waals surface area contributed by atoms with Crippen LogP contribution in [0.1, 0.15) is 163 Å². The number of ether oxygens (including phenoxy) is 7. The average molecular weight is 1350 g/mol. The molecule has 6 saturated heterocycles. The Balaban J connectivity index is 0.000000152. The van der Waals surface area contributed by atoms with Crippen LogP contribution in [0.4, 0.5) is 17.8 Å². The fraction of sp³-hybridized carbons (Fsp3) is 0.737. The van der Waals surface area contributed by atoms with E-state index in [1.807, 2.05) is 41.5 Å². The Bertz CT molecular complexity index is 3860. The quantitative estimate of drug-likeness (QED) is 0.0587. The summed E-state index contributed by atoms with van der Waals surface area (Å²) < 4.78 is 84.7. The van der Waals surface area contributed by atoms with Crippen LogP contribution in [-0.2, 0) is 67.6 Å². The average Bonchev–Trinajstić information content (AvgIpc) is 1.57. The van der Waals surface area contributed by atoms with Crippen LogP contribution in [0.25, 0.3) is 33.5 Å². The van der Waals surface area contributed by atoms with Gasteiger partial charge in [-0.1, -0.05) is 62.3 Å². The Labute approximate surface area is 535 Å². The molecule has 12 heterocycles. The molecule has 0 spiro atoms. The lowest BCUT2D eigenvalue weighted by Gasteiger charge is -2.38. The second-order valence-corrected chi connectivity index (χ2v) is 35.2. The molecular formula is C57H89N15O17P2S. The van der Waals surface area contributed by atoms with Gasteiger partial charge in [0.1, 0.15) is 53.4 Å². The van der Waals surface area contributed by atoms with Crippen molar-refractivity contribution in [1.82, 2.24) is 58.6 Å². The van der Waals surface area contributed by atoms with Crippen LogP contribution in [0.3, 0.4) is 0 Å². The van der Waals surface area contributed by atoms with E-state index in [0.717, 1.165) is 6.42 Å². The van der Waals surface area contributed by atoms with E-state index in [9.17, 15) is 28.7 Å². The molecule has 6 aliphatic heterocycles. The molecule has 6 fully saturated rings. The van der Waals surface area contributed by atoms with E-state index in [0.29, 0.717) is 25.1 Å². The summed E-state index contributed by atoms with van der Waals surface area (Å²) in [6.07, 6.45) is 0.689. The Morgan fingerprint density at radius 2 is 0.826 bits per heavy atom. The van der Waals surface area contributed by atoms with Crippen LogP contribution in [0.15, 0.2) is 33.4 Å². The summed E-state index contributed by atoms with van der Waals surface area (Å²) in [5.74, 6) is -0.0610. The molecule has 5 unspecified atom stereocenters. The highest BCUT2D eigenvalue weighted by Crippen LogP contribution is 2.61. The maximum absolute atomic E-state index is 12.8. The molecule has 510 valence electrons. The topological polar surface area (TPSA) is 428 Å². The van der Waals surface area contributed by atoms with E-state index >= 15 is 0 Å². The maximum Gasteiger partial charge on any atom is 0.473 e. The fourth-order valence-corrected chi connectivity index (χ4v) is 16.9. The largest absolute Gasteiger partial charge is 0.473 e. The molecule has 92 heavy (non-hydrogen) atoms. The lowest BCUT2D eigenvalue weighted by Crippen LogP contribution is -2.47. The number of nitrogen functional groups attached to an aromatic ring is 3. The van der Waals surface area contributed by atoms with Crippen LogP contribution in [0.5, 0.6) is 0 Å². The van der Waals surface area contributed by atoms with Crippen molar-refractivity contribution in [1.29, 1.82) is 0 Å². The van der Waals surface area contributed by atoms with Gasteiger partial charge in [-0.2, -0.15) is 15.0 Å². The number of phosphoric ester groups is 1. The number of hydrogen-bond acceptors (Lipinski definition) is 25. The van der Waals surface area contributed by atoms with Crippen LogP contribution < -0.4 is 33.9 Å². The summed E-state index contributed by atoms with van der Waals surface area (Å²) in [6, 6.07) is 0. The first-order chi connectivity index (χ1) is 42.1. The second-order valence-electron chi connectivity index (χ2n) is 31.1. The SMILES string of the molecule is CC(C)(C)C[C@@]12COC([C@H](n3cnc4c(=O)[nH]c(N)nc43)O1)[C@H]2OC(C)(C)C.CC(C)(C)C[C@@]12COC([C@H](n3cnc4c(=O)[nH]c(N)nc43)O1)[C@H]2OP(=O)(O)OC(C)(C)C.CC(C)(C)C[C@@]12COC([C@H](n3cnc4c(=O)[nH]c(N)nc43)O1)[C@H]2OP(O)(=S)OC(C)(C)C. The highest BCUT2D eigenvalue weighted by atomic mass is 32.5. The van der Waals surface area contributed by atoms with Crippen molar-refractivity contribution in [2.24, 2.45) is 16.2 Å². The normalized spacial score (nSPS) is 30.2. The number of nitrogens with one attached hydrogen (secondary N) is 3. The van der Waals surface area contributed by atoms with Crippen molar-refractivity contribution >= 4 is 77.7 Å². The summed E-state index contributed by atoms with van der Waals surface area (Å²) in [5, 5.41) is 0. The van der Waals surface area contributed by atoms with Gasteiger partial charge < -0.3 is 64.7 Å². The molecule has 32 nitrogen and oxygen atoms in total. The molecule has 12 rings (SSSR count). The van der Waals surface area contributed by atoms with E-state index in [1.54, 1.807) is 61.6 Å². The number of imidazole rings is 3. The molecule has 0 aliphatic carbocycles. The lowest BCUT2D eigenvalue weighted by atomic mass is 9.80. The fourth-order valence-electron chi connectivity index (χ4n) is 13.2. The monoisotopic (exact) mass is 1350 g/mol. The standard InChI is InChI=1S/C19H30N5O7P.C19H30N5O6PS.C19H29N5O4/c1-17(2,3)7-19-8-28-11(12(19)30-32(26,27)31-18(4,5)6)15(29-19)24-9-21-10-13(24)22-16(20)23-14(10)25;1-17(2,3)7-19-8-27-11(12(19)29-31(26,32)30-18(4,5)6)15(28-19)24-9-21-10-13(24)22-16(20)23-14(10)25;1-17(2,3)7-19-8-26-11(12(19)27-18(4,5)6)15(28-19)24-9-21-10-13(24)22-16(20)23-14(10)25/h9,11-12,15H,7-8H2,1-6H3,(H,26,27)(H3,20,22,23,25);9,11-12,15H,7-8H2,1-6H3,(H,26,32)(H3,20,22,23,25);9,11-12,15H,7-8H2,1-6H3,(H3,20,22,23,25)/t11?,12-,15-,19+;11?,12-,15-,19+,31?;11?,12-,15-,19+/m111/s1. The van der Waals surface area contributed by atoms with E-state index in [1.165, 1.54) is 12.7 Å². The first-order valence-corrected chi connectivity index (χ1v) is 34.3. The van der Waals surface area contributed by atoms with Crippen molar-refractivity contribution in [3.05, 3.63) is 50.0 Å². The predicted molar refractivity (Wildman–Crippen MR) is 340 cm³/mol. The second kappa shape index (κ2) is 23.6. The molecule has 6 aliphatic rings. The van der Waals surface area contributed by atoms with Gasteiger partial charge in [0, 0.05) is 0 Å². The van der Waals surface area contributed by atoms with Gasteiger partial charge in [-0.15, -0.1) is 0 Å². The number of anilines is 3. The molecule has 0 aromatic carbocycles. The molecular weight excluding hydrogens is 1260 g/mol. The maximum atomic E-state index is 12.8. The van der Waals surface area contributed by atoms with Crippen LogP contribution in [0.2, 0.25) is 0 Å². The molecule has 6 aromatic heterocycles. The van der Waals surface area contributed by atoms with Crippen molar-refractivity contribution in [2.75, 3.05) is 37.0 Å². The molecule has 0 amide bonds. The van der Waals surface area contributed by atoms with Gasteiger partial charge >= 0.3 is 14.5 Å². The summed E-state index contributed by atoms with van der Waals surface area (Å²) >= 11 is 5.32. The number of phosphoric acid groups is 1. The van der Waals surface area contributed by atoms with E-state index in [2.05, 4.69) is 86.4 Å². The lowest BCUT2D eigenvalue weighted by molar-refractivity contribution is -0.187. The number of H-pyrrole nitrogens is 3. The Kier molecular flexibility index (Phi) is 17.8. The Hall–Kier alpha value is -5.19. The molecule has 0 saturated carbocycles. The molecule has 6 aromatic rings. The van der Waals surface area contributed by atoms with Gasteiger partial charge in [0.2, 0.25) is 17.8 Å². The predicted octanol–water partition coefficient (Wildman–Crippen LogP) is 6.31. The molecule has 35 heteroatoms. The van der Waals surface area contributed by atoms with Gasteiger partial charge in [-0.25, -0.2) is 19.5 Å². The van der Waals surface area contributed by atoms with Crippen molar-refractivity contribution in [3.8, 4) is 0 Å². The number of nitrogens with two attached hydrogens (primary N) is 3. The van der Waals surface area contributed by atoms with Gasteiger partial charge in [-0.3, -0.25) is 56.6 Å². The summed E-state index contributed by atoms with van der Waals surface area (Å²) in [4.78, 5) is 90.3. The number of hydrogen-bond donors (Lipinski definition) is 8. The van der Waals surface area contributed by atoms with Gasteiger partial charge in [0.25, 0.3) is 16.7 Å². The van der Waals surface area contributed by atoms with E-state index < -0.39 is 96.8 Å². The van der Waals surface area contributed by atoms with Gasteiger partial charge in [0.15, 0.2) is 52.2 Å². The Morgan fingerprint density at radius 1 is 0.522 bits per heavy atom. The molecule has 14 atom stereocenters. The van der Waals surface area contributed by atoms with Crippen molar-refractivity contribution in [3.63, 3.8) is 0 Å². The molecule has 6 bridgehead atoms. The minimum absolute atomic E-state index is 0.0173. The summed E-state index contributed by atoms with van der Waals surface area (Å²) in [7, 11) is -4.45. The first-order valence-electron chi connectivity index (χ1n) is 30.2. The summed E-state index contributed by atoms with van der Waals surface area (Å²) in [6.45, 7) is 32.6. The minimum Gasteiger partial charge on any atom is -0.369 e. The number of rotatable bonds is 13. The van der Waals surface area contributed by atoms with Crippen LogP contribution in [0, 0.1) is 16.2 Å². The Morgan fingerprint density at radius 3 is 1.13 bits per heavy atom. The number of aromatic amines is 3. The number of aromatic nitrogens is 12. The molecule has 11 N–H and O–H groups in total. The highest BCUT2D eigenvalue weighted by molar-refractivity contribution is 8.07. The number of fused-ring (bicyclic) bond motifs is 9. The van der Waals surface area contributed by atoms with E-state index in [4.69, 9.17) is 80.3 Å². The van der Waals surface area contributed by atoms with Crippen molar-refractivity contribution < 1.29 is 65.6 Å². The van der Waals surface area contributed by atoms with Gasteiger partial charge in [0.05, 0.1) is 55.6 Å². The zero-order valence-electron chi connectivity index (χ0n) is 55.2. The van der Waals surface area contributed by atoms with Crippen molar-refractivity contribution in [2.45, 2.75) is 233 Å². The molecule has 0 radical (unpaired) electrons. The van der Waals surface area contributed by atoms with Crippen LogP contribution in [-0.4, -0.2) is 158 Å². The van der Waals surface area contributed by atoms with Gasteiger partial charge in [-0.05, 0) is 110 Å². The smallest absolute Gasteiger partial charge is 0.369 e. The third kappa shape index (κ3) is 14.6. The zero-order chi connectivity index (χ0) is 67.9. The zero-order valence-corrected chi connectivity index (χ0v) is 57.9. The minimum atomic E-state index is -4.45. The van der Waals surface area contributed by atoms with E-state index in [-0.39, 0.29) is 98.5 Å². The first kappa shape index (κ1) is 69.6. The highest BCUT2D eigenvalue weighted by Gasteiger charge is 2.68. The third-order valence-corrected chi connectivity index (χ3v) is 18.4. The number of nitrogens with zero attached hydrogens (tertiary/aromatic N) is 9.